The second-order valence-corrected chi connectivity index (χ2v) is 11.2. The van der Waals surface area contributed by atoms with E-state index >= 15 is 0 Å². The van der Waals surface area contributed by atoms with Gasteiger partial charge in [0.25, 0.3) is 0 Å². The molecule has 0 unspecified atom stereocenters. The summed E-state index contributed by atoms with van der Waals surface area (Å²) in [5, 5.41) is 12.1. The van der Waals surface area contributed by atoms with Gasteiger partial charge in [-0.25, -0.2) is 4.79 Å². The van der Waals surface area contributed by atoms with Gasteiger partial charge in [-0.15, -0.1) is 0 Å². The Labute approximate surface area is 178 Å². The first-order valence-corrected chi connectivity index (χ1v) is 12.3. The van der Waals surface area contributed by atoms with Crippen LogP contribution < -0.4 is 5.32 Å². The van der Waals surface area contributed by atoms with Crippen LogP contribution in [0.5, 0.6) is 0 Å². The molecule has 0 aliphatic carbocycles. The van der Waals surface area contributed by atoms with Crippen LogP contribution in [0.2, 0.25) is 0 Å². The van der Waals surface area contributed by atoms with Gasteiger partial charge < -0.3 is 15.3 Å². The van der Waals surface area contributed by atoms with Gasteiger partial charge >= 0.3 is 5.97 Å². The van der Waals surface area contributed by atoms with Gasteiger partial charge in [0.05, 0.1) is 0 Å². The largest absolute Gasteiger partial charge is 0.480 e. The summed E-state index contributed by atoms with van der Waals surface area (Å²) in [4.78, 5) is 36.5. The molecular weight excluding hydrogens is 396 g/mol. The average molecular weight is 435 g/mol. The predicted molar refractivity (Wildman–Crippen MR) is 120 cm³/mol. The average Bonchev–Trinajstić information content (AvgIpc) is 2.64. The maximum Gasteiger partial charge on any atom is 0.326 e. The number of likely N-dealkylation sites (N-methyl/N-ethyl adjacent to an activating group) is 1. The van der Waals surface area contributed by atoms with Crippen LogP contribution in [0.3, 0.4) is 0 Å². The lowest BCUT2D eigenvalue weighted by molar-refractivity contribution is -0.148. The quantitative estimate of drug-likeness (QED) is 0.312. The van der Waals surface area contributed by atoms with Crippen molar-refractivity contribution in [1.29, 1.82) is 0 Å². The summed E-state index contributed by atoms with van der Waals surface area (Å²) < 4.78 is -0.0983. The Morgan fingerprint density at radius 3 is 2.18 bits per heavy atom. The second kappa shape index (κ2) is 12.6. The number of nitrogens with zero attached hydrogens (tertiary/aromatic N) is 1. The van der Waals surface area contributed by atoms with E-state index in [4.69, 9.17) is 5.11 Å². The molecule has 2 amide bonds. The summed E-state index contributed by atoms with van der Waals surface area (Å²) in [5.41, 5.74) is -0.112. The molecule has 0 saturated carbocycles. The molecule has 164 valence electrons. The van der Waals surface area contributed by atoms with Crippen molar-refractivity contribution in [3.05, 3.63) is 0 Å². The highest BCUT2D eigenvalue weighted by Gasteiger charge is 2.25. The molecule has 2 N–H and O–H groups in total. The first-order chi connectivity index (χ1) is 12.9. The molecule has 0 aliphatic heterocycles. The lowest BCUT2D eigenvalue weighted by Gasteiger charge is -2.28. The van der Waals surface area contributed by atoms with Gasteiger partial charge in [-0.1, -0.05) is 35.4 Å². The molecule has 8 heteroatoms. The normalized spacial score (nSPS) is 13.1. The molecule has 0 rings (SSSR count). The highest BCUT2D eigenvalue weighted by molar-refractivity contribution is 8.77. The number of carboxylic acids is 1. The summed E-state index contributed by atoms with van der Waals surface area (Å²) in [7, 11) is 4.97. The number of hydrogen-bond donors (Lipinski definition) is 2. The van der Waals surface area contributed by atoms with Crippen LogP contribution in [-0.2, 0) is 14.4 Å². The van der Waals surface area contributed by atoms with Crippen molar-refractivity contribution in [1.82, 2.24) is 10.2 Å². The van der Waals surface area contributed by atoms with Crippen LogP contribution in [0.4, 0.5) is 0 Å². The van der Waals surface area contributed by atoms with Crippen LogP contribution in [-0.4, -0.2) is 56.9 Å². The number of carboxylic acid groups (broad SMARTS) is 1. The van der Waals surface area contributed by atoms with Gasteiger partial charge in [-0.3, -0.25) is 9.59 Å². The third kappa shape index (κ3) is 10.6. The predicted octanol–water partition coefficient (Wildman–Crippen LogP) is 4.33. The maximum absolute atomic E-state index is 12.2. The standard InChI is InChI=1S/C20H38N2O4S2/c1-8-20(6,9-2)21-16(23)11-10-14-27-28-19(4,5)13-12-17(24)22(7)15(3)18(25)26/h15H,8-14H2,1-7H3,(H,21,23)(H,25,26)/t15-/m0/s1. The lowest BCUT2D eigenvalue weighted by atomic mass is 9.95. The first kappa shape index (κ1) is 27.1. The molecule has 0 aliphatic rings. The van der Waals surface area contributed by atoms with E-state index in [-0.39, 0.29) is 22.1 Å². The molecule has 0 aromatic heterocycles. The number of amides is 2. The Hall–Kier alpha value is -0.890. The third-order valence-corrected chi connectivity index (χ3v) is 8.63. The third-order valence-electron chi connectivity index (χ3n) is 5.19. The Morgan fingerprint density at radius 2 is 1.68 bits per heavy atom. The Balaban J connectivity index is 4.13. The van der Waals surface area contributed by atoms with E-state index < -0.39 is 12.0 Å². The van der Waals surface area contributed by atoms with Crippen molar-refractivity contribution in [2.45, 2.75) is 96.4 Å². The summed E-state index contributed by atoms with van der Waals surface area (Å²) >= 11 is 0. The van der Waals surface area contributed by atoms with E-state index in [1.165, 1.54) is 18.9 Å². The summed E-state index contributed by atoms with van der Waals surface area (Å²) in [6, 6.07) is -0.814. The highest BCUT2D eigenvalue weighted by Crippen LogP contribution is 2.39. The fourth-order valence-electron chi connectivity index (χ4n) is 2.33. The van der Waals surface area contributed by atoms with Crippen molar-refractivity contribution in [3.8, 4) is 0 Å². The number of carbonyl (C=O) groups excluding carboxylic acids is 2. The fourth-order valence-corrected chi connectivity index (χ4v) is 4.99. The second-order valence-electron chi connectivity index (χ2n) is 8.10. The minimum Gasteiger partial charge on any atom is -0.480 e. The zero-order valence-corrected chi connectivity index (χ0v) is 20.1. The summed E-state index contributed by atoms with van der Waals surface area (Å²) in [6.45, 7) is 11.9. The van der Waals surface area contributed by atoms with Crippen LogP contribution in [0, 0.1) is 0 Å². The van der Waals surface area contributed by atoms with Crippen LogP contribution in [0.1, 0.15) is 80.1 Å². The topological polar surface area (TPSA) is 86.7 Å². The maximum atomic E-state index is 12.2. The summed E-state index contributed by atoms with van der Waals surface area (Å²) in [6.07, 6.45) is 4.19. The van der Waals surface area contributed by atoms with E-state index in [1.54, 1.807) is 21.6 Å². The van der Waals surface area contributed by atoms with Crippen molar-refractivity contribution >= 4 is 39.4 Å². The van der Waals surface area contributed by atoms with Gasteiger partial charge in [-0.2, -0.15) is 0 Å². The summed E-state index contributed by atoms with van der Waals surface area (Å²) in [5.74, 6) is -0.167. The molecular formula is C20H38N2O4S2. The Morgan fingerprint density at radius 1 is 1.11 bits per heavy atom. The zero-order chi connectivity index (χ0) is 22.0. The van der Waals surface area contributed by atoms with Gasteiger partial charge in [0.1, 0.15) is 6.04 Å². The first-order valence-electron chi connectivity index (χ1n) is 9.97. The van der Waals surface area contributed by atoms with Crippen molar-refractivity contribution in [2.24, 2.45) is 0 Å². The fraction of sp³-hybridized carbons (Fsp3) is 0.850. The number of hydrogen-bond acceptors (Lipinski definition) is 5. The molecule has 1 atom stereocenters. The van der Waals surface area contributed by atoms with E-state index in [2.05, 4.69) is 39.9 Å². The molecule has 0 bridgehead atoms. The molecule has 0 saturated heterocycles. The van der Waals surface area contributed by atoms with Crippen molar-refractivity contribution in [2.75, 3.05) is 12.8 Å². The molecule has 0 spiro atoms. The smallest absolute Gasteiger partial charge is 0.326 e. The van der Waals surface area contributed by atoms with E-state index in [1.807, 2.05) is 0 Å². The molecule has 0 fully saturated rings. The number of carbonyl (C=O) groups is 3. The number of aliphatic carboxylic acids is 1. The number of nitrogens with one attached hydrogen (secondary N) is 1. The van der Waals surface area contributed by atoms with Crippen molar-refractivity contribution in [3.63, 3.8) is 0 Å². The minimum absolute atomic E-state index is 0.0983. The Bertz CT molecular complexity index is 522. The van der Waals surface area contributed by atoms with Crippen LogP contribution in [0.15, 0.2) is 0 Å². The van der Waals surface area contributed by atoms with Gasteiger partial charge in [0, 0.05) is 35.9 Å². The minimum atomic E-state index is -0.998. The molecule has 28 heavy (non-hydrogen) atoms. The number of rotatable bonds is 14. The van der Waals surface area contributed by atoms with Gasteiger partial charge in [0.2, 0.25) is 11.8 Å². The molecule has 0 aromatic carbocycles. The SMILES string of the molecule is CCC(C)(CC)NC(=O)CCCSSC(C)(C)CCC(=O)N(C)[C@@H](C)C(=O)O. The Kier molecular flexibility index (Phi) is 12.2. The highest BCUT2D eigenvalue weighted by atomic mass is 33.1. The molecule has 6 nitrogen and oxygen atoms in total. The molecule has 0 heterocycles. The van der Waals surface area contributed by atoms with E-state index in [0.29, 0.717) is 19.3 Å². The zero-order valence-electron chi connectivity index (χ0n) is 18.5. The molecule has 0 aromatic rings. The van der Waals surface area contributed by atoms with Gasteiger partial charge in [0.15, 0.2) is 0 Å². The van der Waals surface area contributed by atoms with Gasteiger partial charge in [-0.05, 0) is 53.4 Å². The lowest BCUT2D eigenvalue weighted by Crippen LogP contribution is -2.44. The molecule has 0 radical (unpaired) electrons. The van der Waals surface area contributed by atoms with Crippen molar-refractivity contribution < 1.29 is 19.5 Å². The van der Waals surface area contributed by atoms with Crippen LogP contribution in [0.25, 0.3) is 0 Å². The van der Waals surface area contributed by atoms with E-state index in [0.717, 1.165) is 25.0 Å². The van der Waals surface area contributed by atoms with E-state index in [9.17, 15) is 14.4 Å². The monoisotopic (exact) mass is 434 g/mol. The van der Waals surface area contributed by atoms with Crippen LogP contribution >= 0.6 is 21.6 Å².